The van der Waals surface area contributed by atoms with Gasteiger partial charge in [0.1, 0.15) is 0 Å². The van der Waals surface area contributed by atoms with Crippen molar-refractivity contribution in [2.75, 3.05) is 20.1 Å². The van der Waals surface area contributed by atoms with E-state index in [2.05, 4.69) is 15.6 Å². The van der Waals surface area contributed by atoms with Crippen LogP contribution in [0.4, 0.5) is 13.2 Å². The molecule has 1 aliphatic rings. The fourth-order valence-electron chi connectivity index (χ4n) is 3.26. The van der Waals surface area contributed by atoms with Crippen LogP contribution < -0.4 is 10.6 Å². The second-order valence-corrected chi connectivity index (χ2v) is 7.06. The molecule has 0 saturated carbocycles. The molecule has 0 spiro atoms. The summed E-state index contributed by atoms with van der Waals surface area (Å²) in [6.45, 7) is 1.23. The Hall–Kier alpha value is -2.63. The van der Waals surface area contributed by atoms with E-state index >= 15 is 0 Å². The number of imide groups is 1. The standard InChI is InChI=1S/C22H23F3N4O2.HI/c1-26-21(28-14-15-8-10-16(11-9-15)22(23,24)25)27-12-4-5-13-29-19(30)17-6-2-3-7-18(17)20(29)31;/h2-3,6-11H,4-5,12-14H2,1H3,(H2,26,27,28);1H. The van der Waals surface area contributed by atoms with Gasteiger partial charge in [-0.1, -0.05) is 24.3 Å². The molecular weight excluding hydrogens is 536 g/mol. The van der Waals surface area contributed by atoms with Crippen molar-refractivity contribution in [1.29, 1.82) is 0 Å². The molecule has 172 valence electrons. The summed E-state index contributed by atoms with van der Waals surface area (Å²) in [4.78, 5) is 30.0. The first kappa shape index (κ1) is 25.6. The summed E-state index contributed by atoms with van der Waals surface area (Å²) in [6.07, 6.45) is -3.01. The molecule has 2 N–H and O–H groups in total. The number of carbonyl (C=O) groups is 2. The number of unbranched alkanes of at least 4 members (excludes halogenated alkanes) is 1. The van der Waals surface area contributed by atoms with Crippen molar-refractivity contribution < 1.29 is 22.8 Å². The Balaban J connectivity index is 0.00000363. The third-order valence-electron chi connectivity index (χ3n) is 4.94. The summed E-state index contributed by atoms with van der Waals surface area (Å²) in [5, 5.41) is 6.15. The van der Waals surface area contributed by atoms with Crippen molar-refractivity contribution >= 4 is 41.8 Å². The van der Waals surface area contributed by atoms with Crippen LogP contribution in [0, 0.1) is 0 Å². The Bertz CT molecular complexity index is 943. The zero-order valence-corrected chi connectivity index (χ0v) is 19.7. The van der Waals surface area contributed by atoms with E-state index < -0.39 is 11.7 Å². The molecule has 0 unspecified atom stereocenters. The van der Waals surface area contributed by atoms with Crippen LogP contribution in [0.2, 0.25) is 0 Å². The number of guanidine groups is 1. The Kier molecular flexibility index (Phi) is 9.05. The highest BCUT2D eigenvalue weighted by Crippen LogP contribution is 2.29. The zero-order chi connectivity index (χ0) is 22.4. The molecule has 2 aromatic rings. The molecule has 0 atom stereocenters. The van der Waals surface area contributed by atoms with Gasteiger partial charge in [-0.2, -0.15) is 13.2 Å². The molecule has 2 aromatic carbocycles. The number of hydrogen-bond acceptors (Lipinski definition) is 3. The van der Waals surface area contributed by atoms with Gasteiger partial charge in [-0.05, 0) is 42.7 Å². The van der Waals surface area contributed by atoms with Gasteiger partial charge in [0.05, 0.1) is 16.7 Å². The van der Waals surface area contributed by atoms with E-state index in [1.54, 1.807) is 31.3 Å². The fourth-order valence-corrected chi connectivity index (χ4v) is 3.26. The van der Waals surface area contributed by atoms with Crippen LogP contribution in [0.3, 0.4) is 0 Å². The van der Waals surface area contributed by atoms with E-state index in [1.165, 1.54) is 17.0 Å². The summed E-state index contributed by atoms with van der Waals surface area (Å²) in [5.74, 6) is -0.00853. The van der Waals surface area contributed by atoms with Gasteiger partial charge in [-0.15, -0.1) is 24.0 Å². The van der Waals surface area contributed by atoms with Crippen LogP contribution >= 0.6 is 24.0 Å². The lowest BCUT2D eigenvalue weighted by atomic mass is 10.1. The van der Waals surface area contributed by atoms with Crippen LogP contribution in [0.1, 0.15) is 44.7 Å². The first-order valence-corrected chi connectivity index (χ1v) is 9.87. The average Bonchev–Trinajstić information content (AvgIpc) is 3.00. The van der Waals surface area contributed by atoms with Gasteiger partial charge in [-0.25, -0.2) is 0 Å². The smallest absolute Gasteiger partial charge is 0.356 e. The number of halogens is 4. The van der Waals surface area contributed by atoms with E-state index in [0.29, 0.717) is 55.1 Å². The number of amides is 2. The van der Waals surface area contributed by atoms with Crippen LogP contribution in [0.15, 0.2) is 53.5 Å². The third kappa shape index (κ3) is 6.21. The Labute approximate surface area is 201 Å². The minimum atomic E-state index is -4.35. The van der Waals surface area contributed by atoms with Gasteiger partial charge < -0.3 is 10.6 Å². The van der Waals surface area contributed by atoms with E-state index in [1.807, 2.05) is 0 Å². The molecule has 6 nitrogen and oxygen atoms in total. The number of aliphatic imine (C=N–C) groups is 1. The quantitative estimate of drug-likeness (QED) is 0.176. The minimum Gasteiger partial charge on any atom is -0.356 e. The molecule has 1 aliphatic heterocycles. The fraction of sp³-hybridized carbons (Fsp3) is 0.318. The largest absolute Gasteiger partial charge is 0.416 e. The maximum Gasteiger partial charge on any atom is 0.416 e. The molecule has 0 bridgehead atoms. The SMILES string of the molecule is CN=C(NCCCCN1C(=O)c2ccccc2C1=O)NCc1ccc(C(F)(F)F)cc1.I. The second kappa shape index (κ2) is 11.3. The maximum atomic E-state index is 12.6. The van der Waals surface area contributed by atoms with Crippen LogP contribution in [-0.2, 0) is 12.7 Å². The number of rotatable bonds is 7. The highest BCUT2D eigenvalue weighted by molar-refractivity contribution is 14.0. The number of fused-ring (bicyclic) bond motifs is 1. The van der Waals surface area contributed by atoms with Gasteiger partial charge in [-0.3, -0.25) is 19.5 Å². The van der Waals surface area contributed by atoms with Crippen LogP contribution in [0.25, 0.3) is 0 Å². The minimum absolute atomic E-state index is 0. The second-order valence-electron chi connectivity index (χ2n) is 7.06. The number of hydrogen-bond donors (Lipinski definition) is 2. The highest BCUT2D eigenvalue weighted by Gasteiger charge is 2.34. The Morgan fingerprint density at radius 3 is 2.06 bits per heavy atom. The number of benzene rings is 2. The molecule has 2 amide bonds. The Morgan fingerprint density at radius 1 is 0.938 bits per heavy atom. The number of nitrogens with zero attached hydrogens (tertiary/aromatic N) is 2. The monoisotopic (exact) mass is 560 g/mol. The maximum absolute atomic E-state index is 12.6. The van der Waals surface area contributed by atoms with E-state index in [0.717, 1.165) is 12.1 Å². The molecule has 0 radical (unpaired) electrons. The molecule has 1 heterocycles. The summed E-state index contributed by atoms with van der Waals surface area (Å²) in [7, 11) is 1.60. The highest BCUT2D eigenvalue weighted by atomic mass is 127. The van der Waals surface area contributed by atoms with Crippen LogP contribution in [-0.4, -0.2) is 42.8 Å². The lowest BCUT2D eigenvalue weighted by Crippen LogP contribution is -2.37. The summed E-state index contributed by atoms with van der Waals surface area (Å²) in [5.41, 5.74) is 0.899. The van der Waals surface area contributed by atoms with Crippen molar-refractivity contribution in [3.05, 3.63) is 70.8 Å². The number of carbonyl (C=O) groups excluding carboxylic acids is 2. The normalized spacial score (nSPS) is 13.6. The molecule has 10 heteroatoms. The number of alkyl halides is 3. The third-order valence-corrected chi connectivity index (χ3v) is 4.94. The molecule has 3 rings (SSSR count). The van der Waals surface area contributed by atoms with E-state index in [9.17, 15) is 22.8 Å². The van der Waals surface area contributed by atoms with E-state index in [-0.39, 0.29) is 35.8 Å². The lowest BCUT2D eigenvalue weighted by Gasteiger charge is -2.15. The number of nitrogens with one attached hydrogen (secondary N) is 2. The van der Waals surface area contributed by atoms with Gasteiger partial charge in [0.15, 0.2) is 5.96 Å². The predicted molar refractivity (Wildman–Crippen MR) is 126 cm³/mol. The van der Waals surface area contributed by atoms with Crippen molar-refractivity contribution in [3.8, 4) is 0 Å². The van der Waals surface area contributed by atoms with Crippen molar-refractivity contribution in [3.63, 3.8) is 0 Å². The van der Waals surface area contributed by atoms with Gasteiger partial charge in [0.25, 0.3) is 11.8 Å². The van der Waals surface area contributed by atoms with Gasteiger partial charge in [0.2, 0.25) is 0 Å². The lowest BCUT2D eigenvalue weighted by molar-refractivity contribution is -0.137. The first-order chi connectivity index (χ1) is 14.8. The molecule has 0 saturated heterocycles. The summed E-state index contributed by atoms with van der Waals surface area (Å²) in [6, 6.07) is 11.7. The molecule has 0 aliphatic carbocycles. The first-order valence-electron chi connectivity index (χ1n) is 9.87. The molecule has 0 aromatic heterocycles. The van der Waals surface area contributed by atoms with Gasteiger partial charge >= 0.3 is 6.18 Å². The van der Waals surface area contributed by atoms with Crippen molar-refractivity contribution in [1.82, 2.24) is 15.5 Å². The van der Waals surface area contributed by atoms with Gasteiger partial charge in [0, 0.05) is 26.7 Å². The van der Waals surface area contributed by atoms with Crippen LogP contribution in [0.5, 0.6) is 0 Å². The molecule has 32 heavy (non-hydrogen) atoms. The molecular formula is C22H24F3IN4O2. The van der Waals surface area contributed by atoms with E-state index in [4.69, 9.17) is 0 Å². The molecule has 0 fully saturated rings. The summed E-state index contributed by atoms with van der Waals surface area (Å²) >= 11 is 0. The summed E-state index contributed by atoms with van der Waals surface area (Å²) < 4.78 is 37.8. The topological polar surface area (TPSA) is 73.8 Å². The average molecular weight is 560 g/mol. The van der Waals surface area contributed by atoms with Crippen molar-refractivity contribution in [2.24, 2.45) is 4.99 Å². The predicted octanol–water partition coefficient (Wildman–Crippen LogP) is 4.06. The Morgan fingerprint density at radius 2 is 1.53 bits per heavy atom. The zero-order valence-electron chi connectivity index (χ0n) is 17.4. The van der Waals surface area contributed by atoms with Crippen molar-refractivity contribution in [2.45, 2.75) is 25.6 Å².